The quantitative estimate of drug-likeness (QED) is 0.786. The van der Waals surface area contributed by atoms with Crippen LogP contribution in [0.15, 0.2) is 46.9 Å². The van der Waals surface area contributed by atoms with Crippen LogP contribution in [-0.2, 0) is 4.79 Å². The van der Waals surface area contributed by atoms with Crippen LogP contribution in [0.1, 0.15) is 11.1 Å². The van der Waals surface area contributed by atoms with Crippen LogP contribution in [-0.4, -0.2) is 20.1 Å². The van der Waals surface area contributed by atoms with E-state index in [0.29, 0.717) is 11.5 Å². The molecule has 120 valence electrons. The number of carbonyl (C=O) groups excluding carboxylic acids is 1. The molecule has 0 fully saturated rings. The van der Waals surface area contributed by atoms with Crippen molar-refractivity contribution in [3.05, 3.63) is 58.1 Å². The number of halogens is 1. The van der Waals surface area contributed by atoms with Gasteiger partial charge in [-0.3, -0.25) is 4.79 Å². The zero-order chi connectivity index (χ0) is 16.8. The van der Waals surface area contributed by atoms with Gasteiger partial charge >= 0.3 is 0 Å². The van der Waals surface area contributed by atoms with E-state index in [0.717, 1.165) is 21.3 Å². The molecule has 2 rings (SSSR count). The molecule has 0 spiro atoms. The van der Waals surface area contributed by atoms with Crippen molar-refractivity contribution in [2.45, 2.75) is 6.92 Å². The zero-order valence-corrected chi connectivity index (χ0v) is 14.8. The Morgan fingerprint density at radius 1 is 1.17 bits per heavy atom. The molecule has 0 atom stereocenters. The van der Waals surface area contributed by atoms with Gasteiger partial charge in [0.2, 0.25) is 5.91 Å². The van der Waals surface area contributed by atoms with Gasteiger partial charge in [0.25, 0.3) is 0 Å². The van der Waals surface area contributed by atoms with Gasteiger partial charge in [-0.15, -0.1) is 0 Å². The van der Waals surface area contributed by atoms with Crippen LogP contribution in [0.4, 0.5) is 5.69 Å². The minimum atomic E-state index is -0.190. The number of benzene rings is 2. The van der Waals surface area contributed by atoms with Gasteiger partial charge in [0.15, 0.2) is 11.5 Å². The molecule has 0 aromatic heterocycles. The van der Waals surface area contributed by atoms with Gasteiger partial charge in [0.05, 0.1) is 18.7 Å². The Hall–Kier alpha value is -2.27. The average Bonchev–Trinajstić information content (AvgIpc) is 2.54. The third kappa shape index (κ3) is 4.36. The highest BCUT2D eigenvalue weighted by Gasteiger charge is 2.09. The molecule has 0 aliphatic carbocycles. The minimum absolute atomic E-state index is 0.190. The summed E-state index contributed by atoms with van der Waals surface area (Å²) in [6.45, 7) is 1.95. The number of nitrogens with one attached hydrogen (secondary N) is 1. The maximum atomic E-state index is 12.0. The molecule has 5 heteroatoms. The Morgan fingerprint density at radius 2 is 1.91 bits per heavy atom. The fraction of sp³-hybridized carbons (Fsp3) is 0.167. The van der Waals surface area contributed by atoms with Gasteiger partial charge in [0, 0.05) is 11.8 Å². The Bertz CT molecular complexity index is 741. The summed E-state index contributed by atoms with van der Waals surface area (Å²) >= 11 is 3.43. The lowest BCUT2D eigenvalue weighted by Gasteiger charge is -2.10. The summed E-state index contributed by atoms with van der Waals surface area (Å²) in [5.41, 5.74) is 2.65. The van der Waals surface area contributed by atoms with E-state index in [1.165, 1.54) is 6.08 Å². The highest BCUT2D eigenvalue weighted by molar-refractivity contribution is 9.10. The van der Waals surface area contributed by atoms with Crippen LogP contribution in [0, 0.1) is 6.92 Å². The predicted molar refractivity (Wildman–Crippen MR) is 96.1 cm³/mol. The molecule has 2 aromatic rings. The lowest BCUT2D eigenvalue weighted by Crippen LogP contribution is -2.08. The van der Waals surface area contributed by atoms with Crippen molar-refractivity contribution in [1.82, 2.24) is 0 Å². The summed E-state index contributed by atoms with van der Waals surface area (Å²) in [6, 6.07) is 11.3. The molecular weight excluding hydrogens is 358 g/mol. The number of aryl methyl sites for hydroxylation is 1. The fourth-order valence-corrected chi connectivity index (χ4v) is 2.72. The molecule has 2 aromatic carbocycles. The summed E-state index contributed by atoms with van der Waals surface area (Å²) in [6.07, 6.45) is 3.21. The second kappa shape index (κ2) is 7.83. The van der Waals surface area contributed by atoms with Crippen LogP contribution in [0.3, 0.4) is 0 Å². The number of hydrogen-bond acceptors (Lipinski definition) is 3. The zero-order valence-electron chi connectivity index (χ0n) is 13.2. The van der Waals surface area contributed by atoms with Crippen molar-refractivity contribution in [3.63, 3.8) is 0 Å². The lowest BCUT2D eigenvalue weighted by molar-refractivity contribution is -0.111. The summed E-state index contributed by atoms with van der Waals surface area (Å²) in [5.74, 6) is 1.03. The molecule has 0 radical (unpaired) electrons. The molecule has 0 heterocycles. The number of methoxy groups -OCH3 is 2. The number of carbonyl (C=O) groups is 1. The number of anilines is 1. The molecule has 1 amide bonds. The first-order valence-corrected chi connectivity index (χ1v) is 7.80. The third-order valence-electron chi connectivity index (χ3n) is 3.29. The highest BCUT2D eigenvalue weighted by Crippen LogP contribution is 2.36. The minimum Gasteiger partial charge on any atom is -0.493 e. The predicted octanol–water partition coefficient (Wildman–Crippen LogP) is 4.43. The van der Waals surface area contributed by atoms with E-state index in [1.807, 2.05) is 37.3 Å². The number of ether oxygens (including phenoxy) is 2. The largest absolute Gasteiger partial charge is 0.493 e. The third-order valence-corrected chi connectivity index (χ3v) is 3.88. The molecular formula is C18H18BrNO3. The molecule has 4 nitrogen and oxygen atoms in total. The Morgan fingerprint density at radius 3 is 2.57 bits per heavy atom. The summed E-state index contributed by atoms with van der Waals surface area (Å²) in [5, 5.41) is 2.85. The molecule has 0 aliphatic heterocycles. The Balaban J connectivity index is 2.15. The van der Waals surface area contributed by atoms with Gasteiger partial charge in [-0.1, -0.05) is 18.2 Å². The lowest BCUT2D eigenvalue weighted by atomic mass is 10.1. The SMILES string of the molecule is COc1cc(C=CC(=O)Nc2ccccc2C)cc(Br)c1OC. The molecule has 0 saturated carbocycles. The number of amides is 1. The van der Waals surface area contributed by atoms with Gasteiger partial charge in [-0.2, -0.15) is 0 Å². The summed E-state index contributed by atoms with van der Waals surface area (Å²) in [7, 11) is 3.15. The van der Waals surface area contributed by atoms with E-state index < -0.39 is 0 Å². The maximum Gasteiger partial charge on any atom is 0.248 e. The van der Waals surface area contributed by atoms with Crippen LogP contribution in [0.2, 0.25) is 0 Å². The monoisotopic (exact) mass is 375 g/mol. The van der Waals surface area contributed by atoms with Crippen molar-refractivity contribution < 1.29 is 14.3 Å². The van der Waals surface area contributed by atoms with E-state index in [4.69, 9.17) is 9.47 Å². The van der Waals surface area contributed by atoms with Crippen LogP contribution in [0.25, 0.3) is 6.08 Å². The Kier molecular flexibility index (Phi) is 5.82. The van der Waals surface area contributed by atoms with Gasteiger partial charge < -0.3 is 14.8 Å². The molecule has 23 heavy (non-hydrogen) atoms. The van der Waals surface area contributed by atoms with E-state index >= 15 is 0 Å². The highest BCUT2D eigenvalue weighted by atomic mass is 79.9. The van der Waals surface area contributed by atoms with Crippen molar-refractivity contribution in [2.24, 2.45) is 0 Å². The normalized spacial score (nSPS) is 10.6. The first-order chi connectivity index (χ1) is 11.0. The summed E-state index contributed by atoms with van der Waals surface area (Å²) in [4.78, 5) is 12.0. The van der Waals surface area contributed by atoms with Crippen LogP contribution >= 0.6 is 15.9 Å². The van der Waals surface area contributed by atoms with E-state index in [2.05, 4.69) is 21.2 Å². The molecule has 0 unspecified atom stereocenters. The molecule has 0 aliphatic rings. The first kappa shape index (κ1) is 17.1. The fourth-order valence-electron chi connectivity index (χ4n) is 2.09. The topological polar surface area (TPSA) is 47.6 Å². The average molecular weight is 376 g/mol. The number of hydrogen-bond donors (Lipinski definition) is 1. The molecule has 0 saturated heterocycles. The van der Waals surface area contributed by atoms with Crippen LogP contribution in [0.5, 0.6) is 11.5 Å². The molecule has 1 N–H and O–H groups in total. The smallest absolute Gasteiger partial charge is 0.248 e. The standard InChI is InChI=1S/C18H18BrNO3/c1-12-6-4-5-7-15(12)20-17(21)9-8-13-10-14(19)18(23-3)16(11-13)22-2/h4-11H,1-3H3,(H,20,21). The number of para-hydroxylation sites is 1. The van der Waals surface area contributed by atoms with Crippen molar-refractivity contribution in [2.75, 3.05) is 19.5 Å². The summed E-state index contributed by atoms with van der Waals surface area (Å²) < 4.78 is 11.3. The van der Waals surface area contributed by atoms with E-state index in [9.17, 15) is 4.79 Å². The van der Waals surface area contributed by atoms with Gasteiger partial charge in [-0.25, -0.2) is 0 Å². The van der Waals surface area contributed by atoms with Crippen molar-refractivity contribution in [1.29, 1.82) is 0 Å². The van der Waals surface area contributed by atoms with E-state index in [1.54, 1.807) is 26.4 Å². The van der Waals surface area contributed by atoms with Gasteiger partial charge in [0.1, 0.15) is 0 Å². The van der Waals surface area contributed by atoms with Crippen molar-refractivity contribution in [3.8, 4) is 11.5 Å². The Labute approximate surface area is 144 Å². The maximum absolute atomic E-state index is 12.0. The second-order valence-corrected chi connectivity index (χ2v) is 5.73. The van der Waals surface area contributed by atoms with Gasteiger partial charge in [-0.05, 0) is 58.3 Å². The first-order valence-electron chi connectivity index (χ1n) is 7.01. The number of rotatable bonds is 5. The molecule has 0 bridgehead atoms. The second-order valence-electron chi connectivity index (χ2n) is 4.88. The van der Waals surface area contributed by atoms with Crippen LogP contribution < -0.4 is 14.8 Å². The van der Waals surface area contributed by atoms with Crippen molar-refractivity contribution >= 4 is 33.6 Å². The van der Waals surface area contributed by atoms with E-state index in [-0.39, 0.29) is 5.91 Å².